The van der Waals surface area contributed by atoms with Crippen molar-refractivity contribution in [3.8, 4) is 11.1 Å². The number of halogens is 2. The minimum absolute atomic E-state index is 0.221. The van der Waals surface area contributed by atoms with Crippen LogP contribution in [0.2, 0.25) is 0 Å². The maximum absolute atomic E-state index is 12.6. The van der Waals surface area contributed by atoms with E-state index in [-0.39, 0.29) is 5.69 Å². The molecule has 18 heavy (non-hydrogen) atoms. The standard InChI is InChI=1S/C13H9F2N3/c14-12(15)11-8-9(3-4-16-11)10-2-1-6-18-7-5-17-13(10)18/h1-8,12H. The van der Waals surface area contributed by atoms with Gasteiger partial charge < -0.3 is 4.40 Å². The zero-order chi connectivity index (χ0) is 12.5. The van der Waals surface area contributed by atoms with E-state index in [0.29, 0.717) is 5.56 Å². The molecule has 0 bridgehead atoms. The van der Waals surface area contributed by atoms with Gasteiger partial charge in [0.15, 0.2) is 0 Å². The molecule has 0 aromatic carbocycles. The highest BCUT2D eigenvalue weighted by molar-refractivity contribution is 5.77. The number of fused-ring (bicyclic) bond motifs is 1. The minimum atomic E-state index is -2.57. The highest BCUT2D eigenvalue weighted by Gasteiger charge is 2.11. The van der Waals surface area contributed by atoms with Crippen LogP contribution in [-0.4, -0.2) is 14.4 Å². The molecule has 0 saturated heterocycles. The summed E-state index contributed by atoms with van der Waals surface area (Å²) in [7, 11) is 0. The van der Waals surface area contributed by atoms with E-state index in [9.17, 15) is 8.78 Å². The van der Waals surface area contributed by atoms with Crippen molar-refractivity contribution in [2.24, 2.45) is 0 Å². The van der Waals surface area contributed by atoms with Crippen LogP contribution in [0.25, 0.3) is 16.8 Å². The molecular formula is C13H9F2N3. The van der Waals surface area contributed by atoms with Crippen molar-refractivity contribution in [3.63, 3.8) is 0 Å². The summed E-state index contributed by atoms with van der Waals surface area (Å²) in [5, 5.41) is 0. The SMILES string of the molecule is FC(F)c1cc(-c2cccn3ccnc23)ccn1. The number of pyridine rings is 2. The summed E-state index contributed by atoms with van der Waals surface area (Å²) in [5.74, 6) is 0. The first-order chi connectivity index (χ1) is 8.75. The summed E-state index contributed by atoms with van der Waals surface area (Å²) in [6.07, 6.45) is 4.18. The van der Waals surface area contributed by atoms with Crippen molar-refractivity contribution in [3.05, 3.63) is 54.7 Å². The van der Waals surface area contributed by atoms with Crippen molar-refractivity contribution >= 4 is 5.65 Å². The van der Waals surface area contributed by atoms with Crippen molar-refractivity contribution in [2.45, 2.75) is 6.43 Å². The third-order valence-electron chi connectivity index (χ3n) is 2.73. The summed E-state index contributed by atoms with van der Waals surface area (Å²) < 4.78 is 27.1. The van der Waals surface area contributed by atoms with Gasteiger partial charge in [0.25, 0.3) is 6.43 Å². The summed E-state index contributed by atoms with van der Waals surface area (Å²) >= 11 is 0. The first kappa shape index (κ1) is 10.8. The summed E-state index contributed by atoms with van der Waals surface area (Å²) in [5.41, 5.74) is 2.02. The molecule has 0 aliphatic heterocycles. The monoisotopic (exact) mass is 245 g/mol. The third kappa shape index (κ3) is 1.73. The minimum Gasteiger partial charge on any atom is -0.307 e. The van der Waals surface area contributed by atoms with Crippen LogP contribution in [0.1, 0.15) is 12.1 Å². The fraction of sp³-hybridized carbons (Fsp3) is 0.0769. The van der Waals surface area contributed by atoms with Gasteiger partial charge in [-0.2, -0.15) is 0 Å². The molecule has 0 saturated carbocycles. The van der Waals surface area contributed by atoms with Crippen molar-refractivity contribution in [1.29, 1.82) is 0 Å². The van der Waals surface area contributed by atoms with E-state index in [1.165, 1.54) is 12.3 Å². The zero-order valence-corrected chi connectivity index (χ0v) is 9.29. The average Bonchev–Trinajstić information content (AvgIpc) is 2.87. The second-order valence-electron chi connectivity index (χ2n) is 3.85. The van der Waals surface area contributed by atoms with E-state index < -0.39 is 6.43 Å². The first-order valence-corrected chi connectivity index (χ1v) is 5.42. The molecule has 0 amide bonds. The lowest BCUT2D eigenvalue weighted by Crippen LogP contribution is -1.92. The largest absolute Gasteiger partial charge is 0.307 e. The van der Waals surface area contributed by atoms with Gasteiger partial charge in [-0.25, -0.2) is 13.8 Å². The average molecular weight is 245 g/mol. The van der Waals surface area contributed by atoms with Gasteiger partial charge in [0.05, 0.1) is 0 Å². The molecule has 0 radical (unpaired) electrons. The lowest BCUT2D eigenvalue weighted by molar-refractivity contribution is 0.146. The van der Waals surface area contributed by atoms with Gasteiger partial charge in [-0.1, -0.05) is 0 Å². The predicted molar refractivity (Wildman–Crippen MR) is 63.4 cm³/mol. The smallest absolute Gasteiger partial charge is 0.280 e. The molecule has 0 spiro atoms. The molecule has 0 N–H and O–H groups in total. The van der Waals surface area contributed by atoms with Crippen LogP contribution in [-0.2, 0) is 0 Å². The van der Waals surface area contributed by atoms with E-state index in [2.05, 4.69) is 9.97 Å². The van der Waals surface area contributed by atoms with Crippen LogP contribution in [0.4, 0.5) is 8.78 Å². The number of alkyl halides is 2. The van der Waals surface area contributed by atoms with Crippen molar-refractivity contribution < 1.29 is 8.78 Å². The predicted octanol–water partition coefficient (Wildman–Crippen LogP) is 3.33. The second kappa shape index (κ2) is 4.18. The number of imidazole rings is 1. The molecule has 0 aliphatic carbocycles. The highest BCUT2D eigenvalue weighted by Crippen LogP contribution is 2.26. The molecule has 0 fully saturated rings. The van der Waals surface area contributed by atoms with E-state index >= 15 is 0 Å². The van der Waals surface area contributed by atoms with Crippen LogP contribution in [0.15, 0.2) is 49.1 Å². The Morgan fingerprint density at radius 3 is 2.78 bits per heavy atom. The maximum atomic E-state index is 12.6. The summed E-state index contributed by atoms with van der Waals surface area (Å²) in [6.45, 7) is 0. The van der Waals surface area contributed by atoms with Crippen LogP contribution in [0.3, 0.4) is 0 Å². The quantitative estimate of drug-likeness (QED) is 0.693. The molecule has 5 heteroatoms. The van der Waals surface area contributed by atoms with E-state index in [1.807, 2.05) is 28.9 Å². The van der Waals surface area contributed by atoms with E-state index in [1.54, 1.807) is 12.3 Å². The number of aromatic nitrogens is 3. The van der Waals surface area contributed by atoms with Gasteiger partial charge in [-0.15, -0.1) is 0 Å². The van der Waals surface area contributed by atoms with Gasteiger partial charge in [-0.3, -0.25) is 4.98 Å². The lowest BCUT2D eigenvalue weighted by atomic mass is 10.1. The van der Waals surface area contributed by atoms with Gasteiger partial charge >= 0.3 is 0 Å². The fourth-order valence-electron chi connectivity index (χ4n) is 1.91. The van der Waals surface area contributed by atoms with Crippen LogP contribution in [0, 0.1) is 0 Å². The maximum Gasteiger partial charge on any atom is 0.280 e. The molecule has 0 atom stereocenters. The Labute approximate surface area is 102 Å². The Morgan fingerprint density at radius 2 is 1.94 bits per heavy atom. The zero-order valence-electron chi connectivity index (χ0n) is 9.29. The summed E-state index contributed by atoms with van der Waals surface area (Å²) in [4.78, 5) is 7.88. The van der Waals surface area contributed by atoms with E-state index in [0.717, 1.165) is 11.2 Å². The highest BCUT2D eigenvalue weighted by atomic mass is 19.3. The molecule has 3 rings (SSSR count). The third-order valence-corrected chi connectivity index (χ3v) is 2.73. The second-order valence-corrected chi connectivity index (χ2v) is 3.85. The number of rotatable bonds is 2. The fourth-order valence-corrected chi connectivity index (χ4v) is 1.91. The van der Waals surface area contributed by atoms with Crippen molar-refractivity contribution in [2.75, 3.05) is 0 Å². The van der Waals surface area contributed by atoms with Crippen LogP contribution in [0.5, 0.6) is 0 Å². The van der Waals surface area contributed by atoms with Crippen LogP contribution < -0.4 is 0 Å². The Hall–Kier alpha value is -2.30. The topological polar surface area (TPSA) is 30.2 Å². The first-order valence-electron chi connectivity index (χ1n) is 5.42. The van der Waals surface area contributed by atoms with Gasteiger partial charge in [-0.05, 0) is 29.8 Å². The summed E-state index contributed by atoms with van der Waals surface area (Å²) in [6, 6.07) is 6.81. The van der Waals surface area contributed by atoms with Gasteiger partial charge in [0.2, 0.25) is 0 Å². The lowest BCUT2D eigenvalue weighted by Gasteiger charge is -2.05. The number of nitrogens with zero attached hydrogens (tertiary/aromatic N) is 3. The molecule has 0 unspecified atom stereocenters. The molecule has 3 aromatic rings. The van der Waals surface area contributed by atoms with Crippen LogP contribution >= 0.6 is 0 Å². The Bertz CT molecular complexity index is 691. The molecule has 0 aliphatic rings. The van der Waals surface area contributed by atoms with Gasteiger partial charge in [0, 0.05) is 30.4 Å². The Morgan fingerprint density at radius 1 is 1.06 bits per heavy atom. The molecule has 3 aromatic heterocycles. The molecule has 3 heterocycles. The van der Waals surface area contributed by atoms with Gasteiger partial charge in [0.1, 0.15) is 11.3 Å². The molecular weight excluding hydrogens is 236 g/mol. The van der Waals surface area contributed by atoms with Crippen molar-refractivity contribution in [1.82, 2.24) is 14.4 Å². The van der Waals surface area contributed by atoms with E-state index in [4.69, 9.17) is 0 Å². The molecule has 90 valence electrons. The molecule has 3 nitrogen and oxygen atoms in total. The number of hydrogen-bond donors (Lipinski definition) is 0. The number of hydrogen-bond acceptors (Lipinski definition) is 2. The Balaban J connectivity index is 2.20. The Kier molecular flexibility index (Phi) is 2.51. The normalized spacial score (nSPS) is 11.3.